The fourth-order valence-corrected chi connectivity index (χ4v) is 3.74. The van der Waals surface area contributed by atoms with Crippen LogP contribution in [-0.2, 0) is 15.4 Å². The lowest BCUT2D eigenvalue weighted by Gasteiger charge is -2.20. The average Bonchev–Trinajstić information content (AvgIpc) is 2.65. The van der Waals surface area contributed by atoms with E-state index in [2.05, 4.69) is 9.93 Å². The molecule has 0 fully saturated rings. The van der Waals surface area contributed by atoms with Crippen LogP contribution in [0, 0.1) is 6.92 Å². The Morgan fingerprint density at radius 2 is 1.83 bits per heavy atom. The number of hydrogen-bond acceptors (Lipinski definition) is 5. The minimum absolute atomic E-state index is 0.154. The molecule has 158 valence electrons. The highest BCUT2D eigenvalue weighted by molar-refractivity contribution is 7.89. The van der Waals surface area contributed by atoms with Crippen LogP contribution in [0.4, 0.5) is 0 Å². The summed E-state index contributed by atoms with van der Waals surface area (Å²) in [6.07, 6.45) is 2.31. The Labute approximate surface area is 174 Å². The SMILES string of the molecule is CCCOc1cc(/C=N/NS(=O)(=O)c2cc(C(C)(C)C)ccc2C)ccc1OC. The second-order valence-corrected chi connectivity index (χ2v) is 9.47. The number of aryl methyl sites for hydroxylation is 1. The quantitative estimate of drug-likeness (QED) is 0.509. The topological polar surface area (TPSA) is 77.0 Å². The molecule has 0 radical (unpaired) electrons. The second-order valence-electron chi connectivity index (χ2n) is 7.84. The molecule has 0 unspecified atom stereocenters. The highest BCUT2D eigenvalue weighted by atomic mass is 32.2. The van der Waals surface area contributed by atoms with Crippen molar-refractivity contribution in [1.82, 2.24) is 4.83 Å². The Kier molecular flexibility index (Phi) is 7.30. The molecule has 0 saturated heterocycles. The van der Waals surface area contributed by atoms with Crippen molar-refractivity contribution in [2.24, 2.45) is 5.10 Å². The first-order valence-corrected chi connectivity index (χ1v) is 11.0. The van der Waals surface area contributed by atoms with Gasteiger partial charge in [-0.05, 0) is 59.7 Å². The molecule has 1 N–H and O–H groups in total. The third kappa shape index (κ3) is 5.97. The van der Waals surface area contributed by atoms with Crippen molar-refractivity contribution in [3.63, 3.8) is 0 Å². The number of sulfonamides is 1. The first kappa shape index (κ1) is 22.7. The van der Waals surface area contributed by atoms with E-state index < -0.39 is 10.0 Å². The molecule has 2 aromatic carbocycles. The lowest BCUT2D eigenvalue weighted by Crippen LogP contribution is -2.21. The van der Waals surface area contributed by atoms with Crippen LogP contribution in [0.1, 0.15) is 50.8 Å². The maximum atomic E-state index is 12.8. The van der Waals surface area contributed by atoms with E-state index in [0.717, 1.165) is 12.0 Å². The van der Waals surface area contributed by atoms with Crippen LogP contribution in [0.3, 0.4) is 0 Å². The molecule has 7 heteroatoms. The molecule has 0 saturated carbocycles. The van der Waals surface area contributed by atoms with Crippen molar-refractivity contribution in [3.8, 4) is 11.5 Å². The first-order chi connectivity index (χ1) is 13.6. The number of nitrogens with zero attached hydrogens (tertiary/aromatic N) is 1. The summed E-state index contributed by atoms with van der Waals surface area (Å²) in [6, 6.07) is 10.8. The third-order valence-corrected chi connectivity index (χ3v) is 5.74. The zero-order valence-electron chi connectivity index (χ0n) is 17.9. The third-order valence-electron chi connectivity index (χ3n) is 4.38. The van der Waals surface area contributed by atoms with Crippen LogP contribution in [0.5, 0.6) is 11.5 Å². The Morgan fingerprint density at radius 1 is 1.10 bits per heavy atom. The van der Waals surface area contributed by atoms with Crippen LogP contribution in [-0.4, -0.2) is 28.3 Å². The number of hydrogen-bond donors (Lipinski definition) is 1. The van der Waals surface area contributed by atoms with Gasteiger partial charge in [0.1, 0.15) is 0 Å². The predicted molar refractivity (Wildman–Crippen MR) is 117 cm³/mol. The van der Waals surface area contributed by atoms with E-state index in [4.69, 9.17) is 9.47 Å². The molecular weight excluding hydrogens is 388 g/mol. The summed E-state index contributed by atoms with van der Waals surface area (Å²) >= 11 is 0. The highest BCUT2D eigenvalue weighted by Crippen LogP contribution is 2.28. The largest absolute Gasteiger partial charge is 0.493 e. The molecule has 29 heavy (non-hydrogen) atoms. The monoisotopic (exact) mass is 418 g/mol. The van der Waals surface area contributed by atoms with Crippen LogP contribution < -0.4 is 14.3 Å². The van der Waals surface area contributed by atoms with E-state index in [9.17, 15) is 8.42 Å². The normalized spacial score (nSPS) is 12.2. The molecule has 2 aromatic rings. The minimum Gasteiger partial charge on any atom is -0.493 e. The smallest absolute Gasteiger partial charge is 0.276 e. The summed E-state index contributed by atoms with van der Waals surface area (Å²) in [6.45, 7) is 10.5. The van der Waals surface area contributed by atoms with Gasteiger partial charge in [0.15, 0.2) is 11.5 Å². The van der Waals surface area contributed by atoms with Crippen molar-refractivity contribution in [3.05, 3.63) is 53.1 Å². The fraction of sp³-hybridized carbons (Fsp3) is 0.409. The highest BCUT2D eigenvalue weighted by Gasteiger charge is 2.21. The maximum absolute atomic E-state index is 12.8. The molecule has 0 spiro atoms. The molecule has 0 aromatic heterocycles. The molecule has 2 rings (SSSR count). The lowest BCUT2D eigenvalue weighted by molar-refractivity contribution is 0.294. The summed E-state index contributed by atoms with van der Waals surface area (Å²) in [5.41, 5.74) is 2.15. The Balaban J connectivity index is 2.23. The lowest BCUT2D eigenvalue weighted by atomic mass is 9.87. The van der Waals surface area contributed by atoms with Crippen LogP contribution >= 0.6 is 0 Å². The number of rotatable bonds is 8. The Bertz CT molecular complexity index is 977. The van der Waals surface area contributed by atoms with Crippen molar-refractivity contribution in [2.75, 3.05) is 13.7 Å². The van der Waals surface area contributed by atoms with Crippen LogP contribution in [0.2, 0.25) is 0 Å². The van der Waals surface area contributed by atoms with Gasteiger partial charge in [0.05, 0.1) is 24.8 Å². The summed E-state index contributed by atoms with van der Waals surface area (Å²) in [4.78, 5) is 2.53. The second kappa shape index (κ2) is 9.31. The van der Waals surface area contributed by atoms with Crippen molar-refractivity contribution >= 4 is 16.2 Å². The van der Waals surface area contributed by atoms with E-state index in [1.807, 2.05) is 39.8 Å². The first-order valence-electron chi connectivity index (χ1n) is 9.55. The van der Waals surface area contributed by atoms with Crippen molar-refractivity contribution in [1.29, 1.82) is 0 Å². The van der Waals surface area contributed by atoms with Gasteiger partial charge in [-0.1, -0.05) is 39.8 Å². The van der Waals surface area contributed by atoms with E-state index in [1.165, 1.54) is 6.21 Å². The molecule has 0 heterocycles. The average molecular weight is 419 g/mol. The molecule has 0 aliphatic carbocycles. The summed E-state index contributed by atoms with van der Waals surface area (Å²) in [7, 11) is -2.21. The van der Waals surface area contributed by atoms with Gasteiger partial charge in [0, 0.05) is 0 Å². The maximum Gasteiger partial charge on any atom is 0.276 e. The fourth-order valence-electron chi connectivity index (χ4n) is 2.67. The van der Waals surface area contributed by atoms with Crippen molar-refractivity contribution in [2.45, 2.75) is 51.3 Å². The van der Waals surface area contributed by atoms with E-state index >= 15 is 0 Å². The van der Waals surface area contributed by atoms with Gasteiger partial charge in [-0.3, -0.25) is 0 Å². The molecule has 0 amide bonds. The summed E-state index contributed by atoms with van der Waals surface area (Å²) < 4.78 is 36.5. The standard InChI is InChI=1S/C22H30N2O4S/c1-7-12-28-20-13-17(9-11-19(20)27-6)15-23-24-29(25,26)21-14-18(22(3,4)5)10-8-16(21)2/h8-11,13-15,24H,7,12H2,1-6H3/b23-15+. The van der Waals surface area contributed by atoms with E-state index in [-0.39, 0.29) is 10.3 Å². The minimum atomic E-state index is -3.78. The molecule has 0 bridgehead atoms. The van der Waals surface area contributed by atoms with Gasteiger partial charge < -0.3 is 9.47 Å². The van der Waals surface area contributed by atoms with Crippen LogP contribution in [0.25, 0.3) is 0 Å². The predicted octanol–water partition coefficient (Wildman–Crippen LogP) is 4.40. The molecule has 0 aliphatic rings. The molecular formula is C22H30N2O4S. The zero-order valence-corrected chi connectivity index (χ0v) is 18.8. The number of nitrogens with one attached hydrogen (secondary N) is 1. The van der Waals surface area contributed by atoms with Crippen LogP contribution in [0.15, 0.2) is 46.4 Å². The van der Waals surface area contributed by atoms with E-state index in [1.54, 1.807) is 38.3 Å². The number of methoxy groups -OCH3 is 1. The number of benzene rings is 2. The van der Waals surface area contributed by atoms with Gasteiger partial charge >= 0.3 is 0 Å². The number of hydrazone groups is 1. The summed E-state index contributed by atoms with van der Waals surface area (Å²) in [5.74, 6) is 1.21. The van der Waals surface area contributed by atoms with Gasteiger partial charge in [-0.25, -0.2) is 4.83 Å². The molecule has 0 aliphatic heterocycles. The van der Waals surface area contributed by atoms with Gasteiger partial charge in [0.2, 0.25) is 0 Å². The zero-order chi connectivity index (χ0) is 21.7. The molecule has 0 atom stereocenters. The van der Waals surface area contributed by atoms with Crippen molar-refractivity contribution < 1.29 is 17.9 Å². The molecule has 6 nitrogen and oxygen atoms in total. The Hall–Kier alpha value is -2.54. The van der Waals surface area contributed by atoms with Gasteiger partial charge in [-0.2, -0.15) is 13.5 Å². The van der Waals surface area contributed by atoms with E-state index in [0.29, 0.717) is 29.2 Å². The van der Waals surface area contributed by atoms with Gasteiger partial charge in [0.25, 0.3) is 10.0 Å². The van der Waals surface area contributed by atoms with Gasteiger partial charge in [-0.15, -0.1) is 0 Å². The Morgan fingerprint density at radius 3 is 2.45 bits per heavy atom. The summed E-state index contributed by atoms with van der Waals surface area (Å²) in [5, 5.41) is 3.94. The number of ether oxygens (including phenoxy) is 2.